The molecule has 1 aromatic heterocycles. The summed E-state index contributed by atoms with van der Waals surface area (Å²) in [7, 11) is 1.35. The molecule has 0 unspecified atom stereocenters. The maximum Gasteiger partial charge on any atom is 0.357 e. The Morgan fingerprint density at radius 1 is 1.50 bits per heavy atom. The number of esters is 1. The fourth-order valence-electron chi connectivity index (χ4n) is 1.29. The summed E-state index contributed by atoms with van der Waals surface area (Å²) in [4.78, 5) is 15.3. The molecule has 0 spiro atoms. The number of hydrogen-bond acceptors (Lipinski definition) is 6. The largest absolute Gasteiger partial charge is 0.464 e. The van der Waals surface area contributed by atoms with Crippen molar-refractivity contribution in [2.75, 3.05) is 25.6 Å². The molecule has 102 valence electrons. The maximum absolute atomic E-state index is 11.2. The van der Waals surface area contributed by atoms with Gasteiger partial charge in [0.05, 0.1) is 13.2 Å². The number of carbonyl (C=O) groups excluding carboxylic acids is 1. The van der Waals surface area contributed by atoms with Gasteiger partial charge < -0.3 is 14.8 Å². The second-order valence-electron chi connectivity index (χ2n) is 4.08. The highest BCUT2D eigenvalue weighted by atomic mass is 32.1. The number of methoxy groups -OCH3 is 1. The Hall–Kier alpha value is -1.14. The van der Waals surface area contributed by atoms with Crippen molar-refractivity contribution >= 4 is 22.4 Å². The topological polar surface area (TPSA) is 60.5 Å². The van der Waals surface area contributed by atoms with Crippen LogP contribution in [0, 0.1) is 0 Å². The molecule has 6 heteroatoms. The third kappa shape index (κ3) is 5.46. The van der Waals surface area contributed by atoms with Crippen molar-refractivity contribution in [1.29, 1.82) is 0 Å². The Balaban J connectivity index is 2.16. The molecule has 0 saturated carbocycles. The van der Waals surface area contributed by atoms with E-state index in [0.717, 1.165) is 31.1 Å². The van der Waals surface area contributed by atoms with Gasteiger partial charge >= 0.3 is 5.97 Å². The van der Waals surface area contributed by atoms with E-state index in [2.05, 4.69) is 15.0 Å². The number of thiazole rings is 1. The first-order valence-electron chi connectivity index (χ1n) is 6.02. The van der Waals surface area contributed by atoms with Crippen LogP contribution in [-0.4, -0.2) is 37.3 Å². The van der Waals surface area contributed by atoms with Crippen molar-refractivity contribution < 1.29 is 14.3 Å². The number of ether oxygens (including phenoxy) is 2. The molecule has 1 N–H and O–H groups in total. The van der Waals surface area contributed by atoms with E-state index in [-0.39, 0.29) is 0 Å². The third-order valence-corrected chi connectivity index (χ3v) is 3.00. The summed E-state index contributed by atoms with van der Waals surface area (Å²) >= 11 is 1.41. The SMILES string of the molecule is COC(=O)c1csc(NCCCCOC(C)C)n1. The van der Waals surface area contributed by atoms with Crippen LogP contribution in [0.5, 0.6) is 0 Å². The monoisotopic (exact) mass is 272 g/mol. The average molecular weight is 272 g/mol. The summed E-state index contributed by atoms with van der Waals surface area (Å²) in [6.07, 6.45) is 2.32. The zero-order valence-electron chi connectivity index (χ0n) is 11.1. The summed E-state index contributed by atoms with van der Waals surface area (Å²) in [6, 6.07) is 0. The molecule has 1 aromatic rings. The van der Waals surface area contributed by atoms with Gasteiger partial charge in [-0.1, -0.05) is 0 Å². The van der Waals surface area contributed by atoms with Crippen LogP contribution in [0.15, 0.2) is 5.38 Å². The second-order valence-corrected chi connectivity index (χ2v) is 4.94. The highest BCUT2D eigenvalue weighted by Crippen LogP contribution is 2.15. The molecule has 18 heavy (non-hydrogen) atoms. The molecule has 0 amide bonds. The van der Waals surface area contributed by atoms with Crippen LogP contribution >= 0.6 is 11.3 Å². The summed E-state index contributed by atoms with van der Waals surface area (Å²) in [5.41, 5.74) is 0.355. The van der Waals surface area contributed by atoms with E-state index >= 15 is 0 Å². The van der Waals surface area contributed by atoms with Crippen molar-refractivity contribution in [3.8, 4) is 0 Å². The van der Waals surface area contributed by atoms with E-state index in [1.54, 1.807) is 5.38 Å². The minimum atomic E-state index is -0.398. The zero-order valence-corrected chi connectivity index (χ0v) is 11.9. The van der Waals surface area contributed by atoms with Gasteiger partial charge in [0.25, 0.3) is 0 Å². The van der Waals surface area contributed by atoms with Gasteiger partial charge in [-0.25, -0.2) is 9.78 Å². The van der Waals surface area contributed by atoms with Gasteiger partial charge in [0.2, 0.25) is 0 Å². The van der Waals surface area contributed by atoms with Gasteiger partial charge in [-0.2, -0.15) is 0 Å². The Morgan fingerprint density at radius 3 is 2.94 bits per heavy atom. The first-order chi connectivity index (χ1) is 8.63. The van der Waals surface area contributed by atoms with E-state index in [1.165, 1.54) is 18.4 Å². The quantitative estimate of drug-likeness (QED) is 0.582. The minimum Gasteiger partial charge on any atom is -0.464 e. The predicted molar refractivity (Wildman–Crippen MR) is 72.3 cm³/mol. The van der Waals surface area contributed by atoms with Gasteiger partial charge in [0.1, 0.15) is 0 Å². The Labute approximate surface area is 112 Å². The van der Waals surface area contributed by atoms with E-state index in [4.69, 9.17) is 4.74 Å². The first-order valence-corrected chi connectivity index (χ1v) is 6.90. The Bertz CT molecular complexity index is 366. The van der Waals surface area contributed by atoms with Crippen LogP contribution in [0.25, 0.3) is 0 Å². The van der Waals surface area contributed by atoms with Gasteiger partial charge in [0, 0.05) is 18.5 Å². The van der Waals surface area contributed by atoms with Crippen molar-refractivity contribution in [1.82, 2.24) is 4.98 Å². The lowest BCUT2D eigenvalue weighted by atomic mass is 10.3. The van der Waals surface area contributed by atoms with Crippen LogP contribution in [0.2, 0.25) is 0 Å². The molecule has 5 nitrogen and oxygen atoms in total. The molecule has 0 aliphatic heterocycles. The molecule has 1 heterocycles. The van der Waals surface area contributed by atoms with Crippen molar-refractivity contribution in [3.63, 3.8) is 0 Å². The van der Waals surface area contributed by atoms with Crippen molar-refractivity contribution in [2.45, 2.75) is 32.8 Å². The molecular weight excluding hydrogens is 252 g/mol. The average Bonchev–Trinajstić information content (AvgIpc) is 2.81. The second kappa shape index (κ2) is 8.05. The van der Waals surface area contributed by atoms with Crippen LogP contribution in [0.4, 0.5) is 5.13 Å². The number of hydrogen-bond donors (Lipinski definition) is 1. The summed E-state index contributed by atoms with van der Waals surface area (Å²) < 4.78 is 10.0. The lowest BCUT2D eigenvalue weighted by molar-refractivity contribution is 0.0595. The van der Waals surface area contributed by atoms with Gasteiger partial charge in [-0.3, -0.25) is 0 Å². The molecule has 0 atom stereocenters. The number of unbranched alkanes of at least 4 members (excludes halogenated alkanes) is 1. The molecule has 0 fully saturated rings. The van der Waals surface area contributed by atoms with E-state index in [9.17, 15) is 4.79 Å². The molecule has 0 aliphatic rings. The van der Waals surface area contributed by atoms with Crippen molar-refractivity contribution in [3.05, 3.63) is 11.1 Å². The highest BCUT2D eigenvalue weighted by Gasteiger charge is 2.09. The molecule has 0 aromatic carbocycles. The molecule has 0 saturated heterocycles. The smallest absolute Gasteiger partial charge is 0.357 e. The normalized spacial score (nSPS) is 10.7. The fraction of sp³-hybridized carbons (Fsp3) is 0.667. The summed E-state index contributed by atoms with van der Waals surface area (Å²) in [5, 5.41) is 5.62. The Kier molecular flexibility index (Phi) is 6.67. The van der Waals surface area contributed by atoms with Gasteiger partial charge in [-0.15, -0.1) is 11.3 Å². The molecule has 0 aliphatic carbocycles. The molecular formula is C12H20N2O3S. The maximum atomic E-state index is 11.2. The first kappa shape index (κ1) is 14.9. The van der Waals surface area contributed by atoms with Crippen molar-refractivity contribution in [2.24, 2.45) is 0 Å². The van der Waals surface area contributed by atoms with Crippen LogP contribution < -0.4 is 5.32 Å². The standard InChI is InChI=1S/C12H20N2O3S/c1-9(2)17-7-5-4-6-13-12-14-10(8-18-12)11(15)16-3/h8-9H,4-7H2,1-3H3,(H,13,14). The van der Waals surface area contributed by atoms with Crippen LogP contribution in [0.3, 0.4) is 0 Å². The van der Waals surface area contributed by atoms with Gasteiger partial charge in [-0.05, 0) is 26.7 Å². The summed E-state index contributed by atoms with van der Waals surface area (Å²) in [6.45, 7) is 5.67. The number of nitrogens with one attached hydrogen (secondary N) is 1. The minimum absolute atomic E-state index is 0.291. The third-order valence-electron chi connectivity index (χ3n) is 2.20. The molecule has 1 rings (SSSR count). The van der Waals surface area contributed by atoms with Crippen LogP contribution in [-0.2, 0) is 9.47 Å². The fourth-order valence-corrected chi connectivity index (χ4v) is 2.00. The number of nitrogens with zero attached hydrogens (tertiary/aromatic N) is 1. The van der Waals surface area contributed by atoms with E-state index in [1.807, 2.05) is 13.8 Å². The van der Waals surface area contributed by atoms with Crippen LogP contribution in [0.1, 0.15) is 37.2 Å². The predicted octanol–water partition coefficient (Wildman–Crippen LogP) is 2.55. The van der Waals surface area contributed by atoms with E-state index in [0.29, 0.717) is 11.8 Å². The number of aromatic nitrogens is 1. The van der Waals surface area contributed by atoms with E-state index < -0.39 is 5.97 Å². The molecule has 0 bridgehead atoms. The summed E-state index contributed by atoms with van der Waals surface area (Å²) in [5.74, 6) is -0.398. The van der Waals surface area contributed by atoms with Gasteiger partial charge in [0.15, 0.2) is 10.8 Å². The molecule has 0 radical (unpaired) electrons. The highest BCUT2D eigenvalue weighted by molar-refractivity contribution is 7.13. The number of anilines is 1. The zero-order chi connectivity index (χ0) is 13.4. The lowest BCUT2D eigenvalue weighted by Crippen LogP contribution is -2.07. The number of rotatable bonds is 8. The Morgan fingerprint density at radius 2 is 2.28 bits per heavy atom. The number of carbonyl (C=O) groups is 1. The lowest BCUT2D eigenvalue weighted by Gasteiger charge is -2.07.